The Kier molecular flexibility index (Phi) is 4.84. The molecule has 2 rings (SSSR count). The zero-order valence-electron chi connectivity index (χ0n) is 13.6. The summed E-state index contributed by atoms with van der Waals surface area (Å²) < 4.78 is 5.82. The number of nitrogens with one attached hydrogen (secondary N) is 2. The van der Waals surface area contributed by atoms with Gasteiger partial charge in [-0.05, 0) is 37.6 Å². The quantitative estimate of drug-likeness (QED) is 0.874. The van der Waals surface area contributed by atoms with Crippen molar-refractivity contribution in [2.45, 2.75) is 58.6 Å². The van der Waals surface area contributed by atoms with E-state index in [0.29, 0.717) is 17.8 Å². The van der Waals surface area contributed by atoms with Crippen LogP contribution in [0.2, 0.25) is 0 Å². The first-order valence-corrected chi connectivity index (χ1v) is 7.77. The molecular formula is C16H27N3O2. The molecule has 0 saturated heterocycles. The maximum atomic E-state index is 11.9. The molecule has 5 nitrogen and oxygen atoms in total. The Balaban J connectivity index is 2.30. The zero-order valence-corrected chi connectivity index (χ0v) is 13.6. The molecule has 1 heterocycles. The zero-order chi connectivity index (χ0) is 15.5. The van der Waals surface area contributed by atoms with Crippen LogP contribution in [0.4, 0.5) is 0 Å². The van der Waals surface area contributed by atoms with Crippen LogP contribution in [0.1, 0.15) is 58.0 Å². The van der Waals surface area contributed by atoms with E-state index in [1.807, 2.05) is 6.92 Å². The summed E-state index contributed by atoms with van der Waals surface area (Å²) in [5.41, 5.74) is 0.562. The minimum Gasteiger partial charge on any atom is -0.370 e. The third-order valence-corrected chi connectivity index (χ3v) is 4.58. The van der Waals surface area contributed by atoms with E-state index in [1.165, 1.54) is 0 Å². The lowest BCUT2D eigenvalue weighted by atomic mass is 9.70. The molecule has 2 N–H and O–H groups in total. The van der Waals surface area contributed by atoms with Gasteiger partial charge in [-0.15, -0.1) is 0 Å². The fourth-order valence-corrected chi connectivity index (χ4v) is 2.94. The van der Waals surface area contributed by atoms with Gasteiger partial charge in [0.1, 0.15) is 11.4 Å². The molecule has 1 aromatic heterocycles. The highest BCUT2D eigenvalue weighted by Crippen LogP contribution is 2.45. The Morgan fingerprint density at radius 2 is 2.00 bits per heavy atom. The van der Waals surface area contributed by atoms with E-state index >= 15 is 0 Å². The molecule has 1 aliphatic carbocycles. The lowest BCUT2D eigenvalue weighted by Gasteiger charge is -2.41. The summed E-state index contributed by atoms with van der Waals surface area (Å²) >= 11 is 0. The summed E-state index contributed by atoms with van der Waals surface area (Å²) in [7, 11) is 1.72. The van der Waals surface area contributed by atoms with Gasteiger partial charge in [0.25, 0.3) is 5.56 Å². The number of nitrogens with zero attached hydrogens (tertiary/aromatic N) is 1. The Hall–Kier alpha value is -1.20. The number of aromatic amines is 1. The Morgan fingerprint density at radius 1 is 1.33 bits per heavy atom. The molecule has 0 radical (unpaired) electrons. The molecule has 0 aromatic carbocycles. The average molecular weight is 293 g/mol. The summed E-state index contributed by atoms with van der Waals surface area (Å²) in [4.78, 5) is 19.5. The number of ether oxygens (including phenoxy) is 1. The minimum absolute atomic E-state index is 0.103. The highest BCUT2D eigenvalue weighted by Gasteiger charge is 2.41. The van der Waals surface area contributed by atoms with Gasteiger partial charge in [-0.1, -0.05) is 20.8 Å². The van der Waals surface area contributed by atoms with Crippen molar-refractivity contribution < 1.29 is 4.74 Å². The number of hydrogen-bond donors (Lipinski definition) is 2. The van der Waals surface area contributed by atoms with Crippen molar-refractivity contribution in [2.24, 2.45) is 5.41 Å². The maximum absolute atomic E-state index is 11.9. The molecule has 1 aliphatic rings. The molecule has 1 fully saturated rings. The smallest absolute Gasteiger partial charge is 0.251 e. The third kappa shape index (κ3) is 3.71. The molecule has 118 valence electrons. The molecule has 1 aromatic rings. The number of H-pyrrole nitrogens is 1. The van der Waals surface area contributed by atoms with Gasteiger partial charge in [-0.2, -0.15) is 0 Å². The average Bonchev–Trinajstić information content (AvgIpc) is 2.45. The predicted molar refractivity (Wildman–Crippen MR) is 83.2 cm³/mol. The fraction of sp³-hybridized carbons (Fsp3) is 0.750. The number of rotatable bonds is 5. The molecule has 0 atom stereocenters. The highest BCUT2D eigenvalue weighted by atomic mass is 16.5. The van der Waals surface area contributed by atoms with Crippen molar-refractivity contribution in [2.75, 3.05) is 13.7 Å². The SMILES string of the molecule is CCNCc1cc(=O)[nH]c(C2(OC)CCC(C)(C)CC2)n1. The Labute approximate surface area is 126 Å². The van der Waals surface area contributed by atoms with Crippen LogP contribution in [0.25, 0.3) is 0 Å². The van der Waals surface area contributed by atoms with Gasteiger partial charge >= 0.3 is 0 Å². The van der Waals surface area contributed by atoms with Crippen molar-refractivity contribution >= 4 is 0 Å². The lowest BCUT2D eigenvalue weighted by molar-refractivity contribution is -0.0732. The summed E-state index contributed by atoms with van der Waals surface area (Å²) in [6.45, 7) is 8.06. The van der Waals surface area contributed by atoms with E-state index in [9.17, 15) is 4.79 Å². The van der Waals surface area contributed by atoms with Gasteiger partial charge in [0, 0.05) is 19.7 Å². The van der Waals surface area contributed by atoms with Gasteiger partial charge in [-0.25, -0.2) is 4.98 Å². The van der Waals surface area contributed by atoms with Crippen LogP contribution < -0.4 is 10.9 Å². The molecular weight excluding hydrogens is 266 g/mol. The Bertz CT molecular complexity index is 527. The van der Waals surface area contributed by atoms with E-state index in [4.69, 9.17) is 4.74 Å². The van der Waals surface area contributed by atoms with Gasteiger partial charge in [0.05, 0.1) is 5.69 Å². The molecule has 0 amide bonds. The first-order chi connectivity index (χ1) is 9.91. The lowest BCUT2D eigenvalue weighted by Crippen LogP contribution is -2.39. The largest absolute Gasteiger partial charge is 0.370 e. The van der Waals surface area contributed by atoms with E-state index in [1.54, 1.807) is 13.2 Å². The molecule has 0 bridgehead atoms. The van der Waals surface area contributed by atoms with Crippen LogP contribution in [0, 0.1) is 5.41 Å². The van der Waals surface area contributed by atoms with Crippen LogP contribution >= 0.6 is 0 Å². The minimum atomic E-state index is -0.448. The predicted octanol–water partition coefficient (Wildman–Crippen LogP) is 2.32. The van der Waals surface area contributed by atoms with Gasteiger partial charge in [-0.3, -0.25) is 4.79 Å². The van der Waals surface area contributed by atoms with Crippen LogP contribution in [-0.4, -0.2) is 23.6 Å². The van der Waals surface area contributed by atoms with Crippen LogP contribution in [0.15, 0.2) is 10.9 Å². The first kappa shape index (κ1) is 16.2. The second-order valence-electron chi connectivity index (χ2n) is 6.73. The van der Waals surface area contributed by atoms with Gasteiger partial charge < -0.3 is 15.0 Å². The molecule has 0 spiro atoms. The van der Waals surface area contributed by atoms with E-state index < -0.39 is 5.60 Å². The highest BCUT2D eigenvalue weighted by molar-refractivity contribution is 5.11. The molecule has 5 heteroatoms. The summed E-state index contributed by atoms with van der Waals surface area (Å²) in [6, 6.07) is 1.56. The van der Waals surface area contributed by atoms with Gasteiger partial charge in [0.2, 0.25) is 0 Å². The monoisotopic (exact) mass is 293 g/mol. The molecule has 0 aliphatic heterocycles. The topological polar surface area (TPSA) is 67.0 Å². The van der Waals surface area contributed by atoms with Crippen molar-refractivity contribution in [3.05, 3.63) is 27.9 Å². The van der Waals surface area contributed by atoms with Crippen LogP contribution in [0.3, 0.4) is 0 Å². The van der Waals surface area contributed by atoms with Crippen molar-refractivity contribution in [1.82, 2.24) is 15.3 Å². The van der Waals surface area contributed by atoms with Crippen molar-refractivity contribution in [3.63, 3.8) is 0 Å². The van der Waals surface area contributed by atoms with Gasteiger partial charge in [0.15, 0.2) is 0 Å². The second kappa shape index (κ2) is 6.28. The third-order valence-electron chi connectivity index (χ3n) is 4.58. The first-order valence-electron chi connectivity index (χ1n) is 7.77. The normalized spacial score (nSPS) is 20.4. The summed E-state index contributed by atoms with van der Waals surface area (Å²) in [5, 5.41) is 3.21. The maximum Gasteiger partial charge on any atom is 0.251 e. The number of hydrogen-bond acceptors (Lipinski definition) is 4. The van der Waals surface area contributed by atoms with E-state index in [-0.39, 0.29) is 5.56 Å². The van der Waals surface area contributed by atoms with Crippen LogP contribution in [0.5, 0.6) is 0 Å². The van der Waals surface area contributed by atoms with E-state index in [0.717, 1.165) is 37.9 Å². The van der Waals surface area contributed by atoms with Crippen LogP contribution in [-0.2, 0) is 16.9 Å². The summed E-state index contributed by atoms with van der Waals surface area (Å²) in [6.07, 6.45) is 3.93. The number of methoxy groups -OCH3 is 1. The Morgan fingerprint density at radius 3 is 2.57 bits per heavy atom. The fourth-order valence-electron chi connectivity index (χ4n) is 2.94. The molecule has 0 unspecified atom stereocenters. The van der Waals surface area contributed by atoms with E-state index in [2.05, 4.69) is 29.1 Å². The van der Waals surface area contributed by atoms with Crippen molar-refractivity contribution in [3.8, 4) is 0 Å². The molecule has 21 heavy (non-hydrogen) atoms. The standard InChI is InChI=1S/C16H27N3O2/c1-5-17-11-12-10-13(20)19-14(18-12)16(21-4)8-6-15(2,3)7-9-16/h10,17H,5-9,11H2,1-4H3,(H,18,19,20). The second-order valence-corrected chi connectivity index (χ2v) is 6.73. The van der Waals surface area contributed by atoms with Crippen molar-refractivity contribution in [1.29, 1.82) is 0 Å². The molecule has 1 saturated carbocycles. The summed E-state index contributed by atoms with van der Waals surface area (Å²) in [5.74, 6) is 0.681. The number of aromatic nitrogens is 2.